The lowest BCUT2D eigenvalue weighted by Crippen LogP contribution is -2.42. The second kappa shape index (κ2) is 8.06. The van der Waals surface area contributed by atoms with Gasteiger partial charge in [0.2, 0.25) is 0 Å². The Morgan fingerprint density at radius 1 is 1.23 bits per heavy atom. The van der Waals surface area contributed by atoms with Crippen LogP contribution in [0.25, 0.3) is 0 Å². The molecule has 138 valence electrons. The van der Waals surface area contributed by atoms with Crippen LogP contribution in [0.1, 0.15) is 23.2 Å². The average molecular weight is 376 g/mol. The van der Waals surface area contributed by atoms with Gasteiger partial charge in [0, 0.05) is 29.5 Å². The number of nitrogens with zero attached hydrogens (tertiary/aromatic N) is 2. The molecule has 0 aromatic heterocycles. The first-order chi connectivity index (χ1) is 12.4. The van der Waals surface area contributed by atoms with Gasteiger partial charge in [-0.3, -0.25) is 4.79 Å². The van der Waals surface area contributed by atoms with Crippen LogP contribution in [0.5, 0.6) is 0 Å². The zero-order chi connectivity index (χ0) is 18.7. The number of halogens is 2. The summed E-state index contributed by atoms with van der Waals surface area (Å²) in [5.41, 5.74) is 1.51. The Morgan fingerprint density at radius 2 is 1.92 bits per heavy atom. The van der Waals surface area contributed by atoms with Gasteiger partial charge in [0.15, 0.2) is 0 Å². The minimum Gasteiger partial charge on any atom is -0.371 e. The quantitative estimate of drug-likeness (QED) is 0.867. The molecule has 4 nitrogen and oxygen atoms in total. The number of amides is 1. The third-order valence-corrected chi connectivity index (χ3v) is 5.12. The van der Waals surface area contributed by atoms with Crippen molar-refractivity contribution in [1.29, 1.82) is 0 Å². The number of benzene rings is 2. The summed E-state index contributed by atoms with van der Waals surface area (Å²) in [6.07, 6.45) is 2.16. The molecule has 1 aliphatic rings. The van der Waals surface area contributed by atoms with Crippen LogP contribution in [0, 0.1) is 5.82 Å². The number of nitrogens with one attached hydrogen (secondary N) is 1. The third-order valence-electron chi connectivity index (χ3n) is 4.90. The molecule has 1 N–H and O–H groups in total. The predicted octanol–water partition coefficient (Wildman–Crippen LogP) is 4.26. The maximum Gasteiger partial charge on any atom is 0.258 e. The van der Waals surface area contributed by atoms with Crippen molar-refractivity contribution in [3.63, 3.8) is 0 Å². The lowest BCUT2D eigenvalue weighted by molar-refractivity contribution is 0.102. The van der Waals surface area contributed by atoms with Gasteiger partial charge in [-0.05, 0) is 63.3 Å². The number of rotatable bonds is 4. The van der Waals surface area contributed by atoms with E-state index in [1.807, 2.05) is 19.2 Å². The van der Waals surface area contributed by atoms with Gasteiger partial charge in [0.1, 0.15) is 5.82 Å². The third kappa shape index (κ3) is 4.34. The van der Waals surface area contributed by atoms with Gasteiger partial charge in [0.05, 0.1) is 5.56 Å². The Kier molecular flexibility index (Phi) is 5.79. The molecule has 2 aromatic carbocycles. The van der Waals surface area contributed by atoms with E-state index in [1.54, 1.807) is 18.2 Å². The minimum atomic E-state index is -0.546. The standard InChI is InChI=1S/C20H23ClFN3O/c1-24-9-7-16(8-10-24)25(2)17-12-14(21)11-15(13-17)23-20(26)18-5-3-4-6-19(18)22/h3-6,11-13,16H,7-10H2,1-2H3,(H,23,26). The Balaban J connectivity index is 1.77. The zero-order valence-electron chi connectivity index (χ0n) is 15.0. The lowest BCUT2D eigenvalue weighted by Gasteiger charge is -2.36. The number of carbonyl (C=O) groups is 1. The smallest absolute Gasteiger partial charge is 0.258 e. The van der Waals surface area contributed by atoms with Crippen molar-refractivity contribution in [2.24, 2.45) is 0 Å². The fourth-order valence-corrected chi connectivity index (χ4v) is 3.52. The summed E-state index contributed by atoms with van der Waals surface area (Å²) >= 11 is 6.26. The lowest BCUT2D eigenvalue weighted by atomic mass is 10.0. The summed E-state index contributed by atoms with van der Waals surface area (Å²) in [4.78, 5) is 16.9. The van der Waals surface area contributed by atoms with Crippen LogP contribution in [0.2, 0.25) is 5.02 Å². The van der Waals surface area contributed by atoms with E-state index in [-0.39, 0.29) is 5.56 Å². The molecule has 2 aromatic rings. The van der Waals surface area contributed by atoms with Gasteiger partial charge in [0.25, 0.3) is 5.91 Å². The highest BCUT2D eigenvalue weighted by molar-refractivity contribution is 6.31. The summed E-state index contributed by atoms with van der Waals surface area (Å²) in [5.74, 6) is -1.03. The fourth-order valence-electron chi connectivity index (χ4n) is 3.29. The molecular weight excluding hydrogens is 353 g/mol. The Hall–Kier alpha value is -2.11. The Labute approximate surface area is 158 Å². The largest absolute Gasteiger partial charge is 0.371 e. The first-order valence-electron chi connectivity index (χ1n) is 8.72. The maximum atomic E-state index is 13.8. The number of anilines is 2. The summed E-state index contributed by atoms with van der Waals surface area (Å²) in [6.45, 7) is 2.12. The SMILES string of the molecule is CN1CCC(N(C)c2cc(Cl)cc(NC(=O)c3ccccc3F)c2)CC1. The monoisotopic (exact) mass is 375 g/mol. The molecule has 0 aliphatic carbocycles. The Morgan fingerprint density at radius 3 is 2.62 bits per heavy atom. The Bertz CT molecular complexity index is 790. The molecule has 0 bridgehead atoms. The molecule has 0 unspecified atom stereocenters. The highest BCUT2D eigenvalue weighted by atomic mass is 35.5. The molecule has 0 radical (unpaired) electrons. The number of piperidine rings is 1. The van der Waals surface area contributed by atoms with Gasteiger partial charge in [-0.2, -0.15) is 0 Å². The van der Waals surface area contributed by atoms with Gasteiger partial charge in [-0.25, -0.2) is 4.39 Å². The second-order valence-electron chi connectivity index (χ2n) is 6.78. The molecule has 0 spiro atoms. The van der Waals surface area contributed by atoms with E-state index in [9.17, 15) is 9.18 Å². The highest BCUT2D eigenvalue weighted by Crippen LogP contribution is 2.28. The van der Waals surface area contributed by atoms with Crippen molar-refractivity contribution in [2.45, 2.75) is 18.9 Å². The molecule has 1 aliphatic heterocycles. The van der Waals surface area contributed by atoms with Crippen molar-refractivity contribution in [3.8, 4) is 0 Å². The number of likely N-dealkylation sites (tertiary alicyclic amines) is 1. The number of hydrogen-bond donors (Lipinski definition) is 1. The predicted molar refractivity (Wildman–Crippen MR) is 105 cm³/mol. The number of hydrogen-bond acceptors (Lipinski definition) is 3. The van der Waals surface area contributed by atoms with Crippen molar-refractivity contribution in [1.82, 2.24) is 4.90 Å². The van der Waals surface area contributed by atoms with Crippen molar-refractivity contribution in [2.75, 3.05) is 37.4 Å². The van der Waals surface area contributed by atoms with Crippen LogP contribution < -0.4 is 10.2 Å². The molecule has 1 heterocycles. The van der Waals surface area contributed by atoms with E-state index in [0.29, 0.717) is 16.8 Å². The normalized spacial score (nSPS) is 15.7. The second-order valence-corrected chi connectivity index (χ2v) is 7.21. The van der Waals surface area contributed by atoms with Crippen molar-refractivity contribution in [3.05, 3.63) is 58.9 Å². The fraction of sp³-hybridized carbons (Fsp3) is 0.350. The van der Waals surface area contributed by atoms with E-state index in [1.165, 1.54) is 12.1 Å². The van der Waals surface area contributed by atoms with Crippen LogP contribution in [0.4, 0.5) is 15.8 Å². The zero-order valence-corrected chi connectivity index (χ0v) is 15.8. The average Bonchev–Trinajstić information content (AvgIpc) is 2.61. The topological polar surface area (TPSA) is 35.6 Å². The van der Waals surface area contributed by atoms with E-state index >= 15 is 0 Å². The van der Waals surface area contributed by atoms with Gasteiger partial charge in [-0.1, -0.05) is 23.7 Å². The van der Waals surface area contributed by atoms with Crippen LogP contribution in [-0.4, -0.2) is 44.0 Å². The van der Waals surface area contributed by atoms with Gasteiger partial charge >= 0.3 is 0 Å². The molecule has 1 amide bonds. The molecule has 1 saturated heterocycles. The van der Waals surface area contributed by atoms with E-state index in [2.05, 4.69) is 22.2 Å². The highest BCUT2D eigenvalue weighted by Gasteiger charge is 2.21. The van der Waals surface area contributed by atoms with Crippen LogP contribution in [0.3, 0.4) is 0 Å². The van der Waals surface area contributed by atoms with Crippen LogP contribution in [-0.2, 0) is 0 Å². The van der Waals surface area contributed by atoms with E-state index in [4.69, 9.17) is 11.6 Å². The molecule has 0 saturated carbocycles. The van der Waals surface area contributed by atoms with Crippen LogP contribution >= 0.6 is 11.6 Å². The van der Waals surface area contributed by atoms with Crippen LogP contribution in [0.15, 0.2) is 42.5 Å². The van der Waals surface area contributed by atoms with E-state index < -0.39 is 11.7 Å². The molecule has 3 rings (SSSR count). The first kappa shape index (κ1) is 18.7. The van der Waals surface area contributed by atoms with Crippen molar-refractivity contribution >= 4 is 28.9 Å². The van der Waals surface area contributed by atoms with Gasteiger partial charge < -0.3 is 15.1 Å². The molecule has 1 fully saturated rings. The summed E-state index contributed by atoms with van der Waals surface area (Å²) in [5, 5.41) is 3.28. The summed E-state index contributed by atoms with van der Waals surface area (Å²) in [6, 6.07) is 11.8. The molecule has 6 heteroatoms. The maximum absolute atomic E-state index is 13.8. The van der Waals surface area contributed by atoms with Crippen molar-refractivity contribution < 1.29 is 9.18 Å². The summed E-state index contributed by atoms with van der Waals surface area (Å²) < 4.78 is 13.8. The molecule has 26 heavy (non-hydrogen) atoms. The van der Waals surface area contributed by atoms with Gasteiger partial charge in [-0.15, -0.1) is 0 Å². The summed E-state index contributed by atoms with van der Waals surface area (Å²) in [7, 11) is 4.18. The molecular formula is C20H23ClFN3O. The number of carbonyl (C=O) groups excluding carboxylic acids is 1. The molecule has 0 atom stereocenters. The minimum absolute atomic E-state index is 0.0118. The first-order valence-corrected chi connectivity index (χ1v) is 9.09. The van der Waals surface area contributed by atoms with E-state index in [0.717, 1.165) is 31.6 Å².